The lowest BCUT2D eigenvalue weighted by Gasteiger charge is -1.75. The average Bonchev–Trinajstić information content (AvgIpc) is 1.37. The van der Waals surface area contributed by atoms with E-state index in [-0.39, 0.29) is 0 Å². The molecular weight excluding hydrogens is 52.0 g/mol. The number of methoxy groups -OCH3 is 1. The summed E-state index contributed by atoms with van der Waals surface area (Å²) < 4.78 is 4.42. The summed E-state index contributed by atoms with van der Waals surface area (Å²) >= 11 is 0. The molecule has 0 aliphatic rings. The normalized spacial score (nSPS) is 7.50. The minimum absolute atomic E-state index is 1.62. The van der Waals surface area contributed by atoms with E-state index in [0.29, 0.717) is 0 Å². The molecule has 0 spiro atoms. The topological polar surface area (TPSA) is 9.23 Å². The van der Waals surface area contributed by atoms with Crippen LogP contribution in [-0.2, 0) is 4.74 Å². The molecule has 0 aromatic heterocycles. The molecule has 25 valence electrons. The van der Waals surface area contributed by atoms with Crippen LogP contribution in [0.5, 0.6) is 0 Å². The monoisotopic (exact) mass is 59.0 g/mol. The molecule has 0 unspecified atom stereocenters. The molecule has 0 fully saturated rings. The molecule has 0 aliphatic heterocycles. The average molecular weight is 59.1 g/mol. The Morgan fingerprint density at radius 3 is 2.00 bits per heavy atom. The Balaban J connectivity index is 1.97. The van der Waals surface area contributed by atoms with Crippen molar-refractivity contribution < 1.29 is 4.74 Å². The summed E-state index contributed by atoms with van der Waals surface area (Å²) in [4.78, 5) is 0. The van der Waals surface area contributed by atoms with E-state index >= 15 is 0 Å². The van der Waals surface area contributed by atoms with Gasteiger partial charge < -0.3 is 4.74 Å². The maximum Gasteiger partial charge on any atom is 0.0801 e. The second-order valence-corrected chi connectivity index (χ2v) is 0.471. The van der Waals surface area contributed by atoms with Gasteiger partial charge in [0.2, 0.25) is 0 Å². The van der Waals surface area contributed by atoms with Gasteiger partial charge in [0.25, 0.3) is 0 Å². The van der Waals surface area contributed by atoms with Gasteiger partial charge in [0, 0.05) is 7.11 Å². The van der Waals surface area contributed by atoms with Crippen LogP contribution in [0.1, 0.15) is 6.92 Å². The first kappa shape index (κ1) is 3.96. The van der Waals surface area contributed by atoms with Crippen molar-refractivity contribution in [1.82, 2.24) is 0 Å². The number of hydrogen-bond acceptors (Lipinski definition) is 1. The molecule has 0 atom stereocenters. The second-order valence-electron chi connectivity index (χ2n) is 0.471. The van der Waals surface area contributed by atoms with Gasteiger partial charge in [0.1, 0.15) is 0 Å². The fraction of sp³-hybridized carbons (Fsp3) is 0.667. The first-order valence-electron chi connectivity index (χ1n) is 1.22. The molecule has 4 heavy (non-hydrogen) atoms. The van der Waals surface area contributed by atoms with E-state index in [1.54, 1.807) is 13.7 Å². The summed E-state index contributed by atoms with van der Waals surface area (Å²) in [5.74, 6) is 0. The van der Waals surface area contributed by atoms with E-state index in [1.165, 1.54) is 0 Å². The highest BCUT2D eigenvalue weighted by atomic mass is 16.5. The van der Waals surface area contributed by atoms with Crippen LogP contribution in [0.4, 0.5) is 0 Å². The highest BCUT2D eigenvalue weighted by Crippen LogP contribution is 1.63. The third-order valence-electron chi connectivity index (χ3n) is 0.236. The molecule has 1 heteroatoms. The van der Waals surface area contributed by atoms with Crippen LogP contribution in [0.2, 0.25) is 0 Å². The molecule has 0 rings (SSSR count). The van der Waals surface area contributed by atoms with Gasteiger partial charge in [0.05, 0.1) is 6.61 Å². The number of hydrogen-bond donors (Lipinski definition) is 0. The van der Waals surface area contributed by atoms with Gasteiger partial charge in [-0.2, -0.15) is 0 Å². The summed E-state index contributed by atoms with van der Waals surface area (Å²) in [6.45, 7) is 3.46. The quantitative estimate of drug-likeness (QED) is 0.434. The molecular formula is C3H7O. The van der Waals surface area contributed by atoms with Gasteiger partial charge in [-0.25, -0.2) is 0 Å². The maximum atomic E-state index is 4.42. The zero-order valence-electron chi connectivity index (χ0n) is 2.99. The largest absolute Gasteiger partial charge is 0.379 e. The van der Waals surface area contributed by atoms with Crippen molar-refractivity contribution in [3.8, 4) is 0 Å². The van der Waals surface area contributed by atoms with E-state index < -0.39 is 0 Å². The van der Waals surface area contributed by atoms with E-state index in [2.05, 4.69) is 4.74 Å². The molecule has 0 aromatic rings. The van der Waals surface area contributed by atoms with Gasteiger partial charge in [-0.15, -0.1) is 0 Å². The highest BCUT2D eigenvalue weighted by molar-refractivity contribution is 4.23. The lowest BCUT2D eigenvalue weighted by atomic mass is 10.9. The molecule has 0 amide bonds. The first-order valence-corrected chi connectivity index (χ1v) is 1.22. The Labute approximate surface area is 26.6 Å². The zero-order chi connectivity index (χ0) is 3.41. The van der Waals surface area contributed by atoms with Crippen molar-refractivity contribution in [1.29, 1.82) is 0 Å². The van der Waals surface area contributed by atoms with Crippen molar-refractivity contribution in [3.05, 3.63) is 6.61 Å². The second kappa shape index (κ2) is 2.96. The fourth-order valence-corrected chi connectivity index (χ4v) is 0. The van der Waals surface area contributed by atoms with Crippen LogP contribution in [0.25, 0.3) is 0 Å². The van der Waals surface area contributed by atoms with Gasteiger partial charge in [0.15, 0.2) is 0 Å². The summed E-state index contributed by atoms with van der Waals surface area (Å²) in [6.07, 6.45) is 0. The SMILES string of the molecule is C[CH]OC. The van der Waals surface area contributed by atoms with Gasteiger partial charge in [-0.1, -0.05) is 0 Å². The Morgan fingerprint density at radius 1 is 1.75 bits per heavy atom. The summed E-state index contributed by atoms with van der Waals surface area (Å²) in [5, 5.41) is 0. The van der Waals surface area contributed by atoms with Crippen LogP contribution in [0.3, 0.4) is 0 Å². The zero-order valence-corrected chi connectivity index (χ0v) is 2.99. The summed E-state index contributed by atoms with van der Waals surface area (Å²) in [7, 11) is 1.62. The lowest BCUT2D eigenvalue weighted by molar-refractivity contribution is 0.282. The number of ether oxygens (including phenoxy) is 1. The standard InChI is InChI=1S/C3H7O/c1-3-4-2/h3H,1-2H3. The summed E-state index contributed by atoms with van der Waals surface area (Å²) in [5.41, 5.74) is 0. The van der Waals surface area contributed by atoms with Gasteiger partial charge in [-0.05, 0) is 6.92 Å². The third-order valence-corrected chi connectivity index (χ3v) is 0.236. The van der Waals surface area contributed by atoms with E-state index in [0.717, 1.165) is 0 Å². The predicted molar refractivity (Wildman–Crippen MR) is 17.0 cm³/mol. The van der Waals surface area contributed by atoms with Gasteiger partial charge in [-0.3, -0.25) is 0 Å². The highest BCUT2D eigenvalue weighted by Gasteiger charge is 1.53. The number of rotatable bonds is 1. The first-order chi connectivity index (χ1) is 1.91. The molecule has 0 aliphatic carbocycles. The van der Waals surface area contributed by atoms with Crippen molar-refractivity contribution in [2.75, 3.05) is 7.11 Å². The Kier molecular flexibility index (Phi) is 2.93. The summed E-state index contributed by atoms with van der Waals surface area (Å²) in [6, 6.07) is 0. The van der Waals surface area contributed by atoms with Crippen LogP contribution in [0.15, 0.2) is 0 Å². The Bertz CT molecular complexity index is 5.25. The van der Waals surface area contributed by atoms with Gasteiger partial charge >= 0.3 is 0 Å². The maximum absolute atomic E-state index is 4.42. The molecule has 0 heterocycles. The third kappa shape index (κ3) is 1.96. The van der Waals surface area contributed by atoms with Crippen LogP contribution in [0, 0.1) is 6.61 Å². The Morgan fingerprint density at radius 2 is 2.00 bits per heavy atom. The van der Waals surface area contributed by atoms with E-state index in [1.807, 2.05) is 6.92 Å². The van der Waals surface area contributed by atoms with Crippen LogP contribution < -0.4 is 0 Å². The van der Waals surface area contributed by atoms with Crippen molar-refractivity contribution >= 4 is 0 Å². The lowest BCUT2D eigenvalue weighted by Crippen LogP contribution is -1.63. The minimum atomic E-state index is 1.62. The van der Waals surface area contributed by atoms with Crippen molar-refractivity contribution in [3.63, 3.8) is 0 Å². The van der Waals surface area contributed by atoms with Crippen LogP contribution in [-0.4, -0.2) is 7.11 Å². The van der Waals surface area contributed by atoms with E-state index in [4.69, 9.17) is 0 Å². The molecule has 1 nitrogen and oxygen atoms in total. The smallest absolute Gasteiger partial charge is 0.0801 e. The van der Waals surface area contributed by atoms with Crippen molar-refractivity contribution in [2.45, 2.75) is 6.92 Å². The molecule has 1 radical (unpaired) electrons. The minimum Gasteiger partial charge on any atom is -0.379 e. The van der Waals surface area contributed by atoms with Crippen LogP contribution >= 0.6 is 0 Å². The molecule has 0 aromatic carbocycles. The predicted octanol–water partition coefficient (Wildman–Crippen LogP) is 0.814. The molecule has 0 N–H and O–H groups in total. The fourth-order valence-electron chi connectivity index (χ4n) is 0. The molecule has 0 saturated carbocycles. The van der Waals surface area contributed by atoms with Crippen molar-refractivity contribution in [2.24, 2.45) is 0 Å². The Hall–Kier alpha value is -0.0400. The molecule has 0 bridgehead atoms. The van der Waals surface area contributed by atoms with E-state index in [9.17, 15) is 0 Å². The molecule has 0 saturated heterocycles.